The molecule has 1 amide bonds. The minimum Gasteiger partial charge on any atom is -0.388 e. The van der Waals surface area contributed by atoms with Crippen LogP contribution in [-0.4, -0.2) is 64.1 Å². The molecule has 1 aliphatic heterocycles. The second-order valence-electron chi connectivity index (χ2n) is 10.6. The number of ether oxygens (including phenoxy) is 1. The number of nitrogens with zero attached hydrogens (tertiary/aromatic N) is 1. The fourth-order valence-corrected chi connectivity index (χ4v) is 5.99. The predicted octanol–water partition coefficient (Wildman–Crippen LogP) is 4.44. The number of hydrogen-bond acceptors (Lipinski definition) is 5. The van der Waals surface area contributed by atoms with E-state index in [-0.39, 0.29) is 37.1 Å². The Labute approximate surface area is 236 Å². The van der Waals surface area contributed by atoms with Gasteiger partial charge in [-0.3, -0.25) is 9.10 Å². The maximum Gasteiger partial charge on any atom is 0.430 e. The Balaban J connectivity index is 2.05. The van der Waals surface area contributed by atoms with Crippen molar-refractivity contribution in [3.8, 4) is 0 Å². The molecule has 0 aliphatic carbocycles. The van der Waals surface area contributed by atoms with Gasteiger partial charge in [-0.05, 0) is 57.4 Å². The van der Waals surface area contributed by atoms with Crippen LogP contribution in [0.1, 0.15) is 43.4 Å². The van der Waals surface area contributed by atoms with E-state index in [1.807, 2.05) is 0 Å². The summed E-state index contributed by atoms with van der Waals surface area (Å²) in [6.45, 7) is 4.76. The van der Waals surface area contributed by atoms with Gasteiger partial charge in [-0.25, -0.2) is 4.21 Å². The van der Waals surface area contributed by atoms with Crippen molar-refractivity contribution in [2.45, 2.75) is 80.6 Å². The van der Waals surface area contributed by atoms with E-state index in [9.17, 15) is 45.6 Å². The van der Waals surface area contributed by atoms with Crippen LogP contribution in [0, 0.1) is 6.92 Å². The molecule has 2 aromatic rings. The van der Waals surface area contributed by atoms with Crippen molar-refractivity contribution >= 4 is 22.6 Å². The quantitative estimate of drug-likeness (QED) is 0.365. The highest BCUT2D eigenvalue weighted by Crippen LogP contribution is 2.51. The molecule has 3 atom stereocenters. The Morgan fingerprint density at radius 3 is 2.17 bits per heavy atom. The smallest absolute Gasteiger partial charge is 0.388 e. The van der Waals surface area contributed by atoms with Gasteiger partial charge in [-0.1, -0.05) is 29.8 Å². The molecule has 1 aliphatic rings. The van der Waals surface area contributed by atoms with Crippen LogP contribution >= 0.6 is 0 Å². The summed E-state index contributed by atoms with van der Waals surface area (Å²) in [5.41, 5.74) is -6.94. The number of hydrogen-bond donors (Lipinski definition) is 3. The zero-order valence-electron chi connectivity index (χ0n) is 22.8. The molecule has 0 radical (unpaired) electrons. The van der Waals surface area contributed by atoms with Gasteiger partial charge in [0.15, 0.2) is 11.0 Å². The lowest BCUT2D eigenvalue weighted by Crippen LogP contribution is -2.54. The highest BCUT2D eigenvalue weighted by atomic mass is 32.2. The molecule has 0 bridgehead atoms. The van der Waals surface area contributed by atoms with Crippen molar-refractivity contribution in [3.63, 3.8) is 0 Å². The summed E-state index contributed by atoms with van der Waals surface area (Å²) in [6, 6.07) is 7.03. The molecule has 41 heavy (non-hydrogen) atoms. The molecule has 14 heteroatoms. The number of carbonyl (C=O) groups is 1. The van der Waals surface area contributed by atoms with E-state index < -0.39 is 58.1 Å². The molecule has 1 heterocycles. The van der Waals surface area contributed by atoms with Gasteiger partial charge in [0.25, 0.3) is 5.60 Å². The van der Waals surface area contributed by atoms with Gasteiger partial charge in [-0.15, -0.1) is 0 Å². The van der Waals surface area contributed by atoms with E-state index in [1.165, 1.54) is 25.3 Å². The van der Waals surface area contributed by atoms with Gasteiger partial charge < -0.3 is 20.3 Å². The van der Waals surface area contributed by atoms with Gasteiger partial charge in [0.05, 0.1) is 34.9 Å². The minimum absolute atomic E-state index is 0.000274. The highest BCUT2D eigenvalue weighted by molar-refractivity contribution is 7.86. The number of halogens is 6. The lowest BCUT2D eigenvalue weighted by molar-refractivity contribution is -0.376. The van der Waals surface area contributed by atoms with Crippen molar-refractivity contribution < 1.29 is 50.3 Å². The van der Waals surface area contributed by atoms with Crippen molar-refractivity contribution in [1.29, 1.82) is 0 Å². The number of benzene rings is 2. The number of methoxy groups -OCH3 is 1. The van der Waals surface area contributed by atoms with Crippen LogP contribution in [0.4, 0.5) is 32.0 Å². The van der Waals surface area contributed by atoms with Gasteiger partial charge in [-0.2, -0.15) is 26.3 Å². The maximum absolute atomic E-state index is 13.8. The number of aliphatic hydroxyl groups is 2. The van der Waals surface area contributed by atoms with Gasteiger partial charge in [0.1, 0.15) is 0 Å². The molecule has 3 N–H and O–H groups in total. The summed E-state index contributed by atoms with van der Waals surface area (Å²) in [7, 11) is -0.618. The summed E-state index contributed by atoms with van der Waals surface area (Å²) in [6.07, 6.45) is -12.4. The number of carbonyl (C=O) groups excluding carboxylic acids is 1. The second kappa shape index (κ2) is 11.9. The molecule has 0 spiro atoms. The Hall–Kier alpha value is -2.68. The number of aryl methyl sites for hydroxylation is 2. The second-order valence-corrected chi connectivity index (χ2v) is 11.9. The standard InChI is InChI=1S/C27H32F6N2O5S/c1-16-5-10-20(11-6-16)41(39)35-19(14-23(36)34-22(15-40-4)24(2,3)37)9-7-17-13-18(8-12-21(17)35)25(38,26(28,29)30)27(31,32)33/h5-6,8,10-13,19,22,37-38H,7,9,14-15H2,1-4H3,(H,34,36)/t19-,22?,41?/m0/s1. The Bertz CT molecular complexity index is 1250. The maximum atomic E-state index is 13.8. The average molecular weight is 611 g/mol. The number of fused-ring (bicyclic) bond motifs is 1. The van der Waals surface area contributed by atoms with Crippen molar-refractivity contribution in [2.24, 2.45) is 0 Å². The molecule has 7 nitrogen and oxygen atoms in total. The first-order valence-electron chi connectivity index (χ1n) is 12.6. The van der Waals surface area contributed by atoms with Crippen LogP contribution in [0.2, 0.25) is 0 Å². The number of amides is 1. The zero-order chi connectivity index (χ0) is 31.0. The first kappa shape index (κ1) is 32.8. The van der Waals surface area contributed by atoms with Gasteiger partial charge in [0.2, 0.25) is 5.91 Å². The lowest BCUT2D eigenvalue weighted by Gasteiger charge is -2.39. The number of alkyl halides is 6. The number of rotatable bonds is 9. The predicted molar refractivity (Wildman–Crippen MR) is 139 cm³/mol. The molecular formula is C27H32F6N2O5S. The SMILES string of the molecule is COCC(NC(=O)C[C@@H]1CCc2cc(C(O)(C(F)(F)F)C(F)(F)F)ccc2N1S(=O)c1ccc(C)cc1)C(C)(C)O. The average Bonchev–Trinajstić information content (AvgIpc) is 2.85. The third kappa shape index (κ3) is 6.87. The Kier molecular flexibility index (Phi) is 9.53. The van der Waals surface area contributed by atoms with E-state index in [2.05, 4.69) is 5.32 Å². The van der Waals surface area contributed by atoms with Crippen molar-refractivity contribution in [3.05, 3.63) is 59.2 Å². The molecule has 0 saturated heterocycles. The summed E-state index contributed by atoms with van der Waals surface area (Å²) in [5, 5.41) is 22.9. The molecule has 228 valence electrons. The largest absolute Gasteiger partial charge is 0.430 e. The van der Waals surface area contributed by atoms with E-state index in [0.717, 1.165) is 11.6 Å². The Morgan fingerprint density at radius 1 is 1.07 bits per heavy atom. The fraction of sp³-hybridized carbons (Fsp3) is 0.519. The molecular weight excluding hydrogens is 578 g/mol. The molecule has 2 unspecified atom stereocenters. The van der Waals surface area contributed by atoms with Crippen LogP contribution in [-0.2, 0) is 32.5 Å². The summed E-state index contributed by atoms with van der Waals surface area (Å²) < 4.78 is 101. The van der Waals surface area contributed by atoms with E-state index in [0.29, 0.717) is 17.0 Å². The van der Waals surface area contributed by atoms with E-state index in [1.54, 1.807) is 31.2 Å². The van der Waals surface area contributed by atoms with Crippen LogP contribution in [0.3, 0.4) is 0 Å². The van der Waals surface area contributed by atoms with Crippen LogP contribution < -0.4 is 9.62 Å². The summed E-state index contributed by atoms with van der Waals surface area (Å²) in [4.78, 5) is 13.3. The third-order valence-electron chi connectivity index (χ3n) is 6.98. The fourth-order valence-electron chi connectivity index (χ4n) is 4.58. The molecule has 0 fully saturated rings. The lowest BCUT2D eigenvalue weighted by atomic mass is 9.87. The first-order chi connectivity index (χ1) is 18.8. The van der Waals surface area contributed by atoms with Crippen LogP contribution in [0.15, 0.2) is 47.4 Å². The van der Waals surface area contributed by atoms with Crippen LogP contribution in [0.25, 0.3) is 0 Å². The minimum atomic E-state index is -6.06. The van der Waals surface area contributed by atoms with Crippen molar-refractivity contribution in [2.75, 3.05) is 18.0 Å². The Morgan fingerprint density at radius 2 is 1.66 bits per heavy atom. The van der Waals surface area contributed by atoms with Gasteiger partial charge >= 0.3 is 12.4 Å². The zero-order valence-corrected chi connectivity index (χ0v) is 23.6. The molecule has 0 aromatic heterocycles. The topological polar surface area (TPSA) is 99.1 Å². The van der Waals surface area contributed by atoms with E-state index >= 15 is 0 Å². The molecule has 0 saturated carbocycles. The summed E-state index contributed by atoms with van der Waals surface area (Å²) >= 11 is 0. The number of nitrogens with one attached hydrogen (secondary N) is 1. The summed E-state index contributed by atoms with van der Waals surface area (Å²) in [5.74, 6) is -0.534. The normalized spacial score (nSPS) is 18.0. The van der Waals surface area contributed by atoms with Crippen molar-refractivity contribution in [1.82, 2.24) is 5.32 Å². The molecule has 3 rings (SSSR count). The van der Waals surface area contributed by atoms with E-state index in [4.69, 9.17) is 4.74 Å². The third-order valence-corrected chi connectivity index (χ3v) is 8.50. The van der Waals surface area contributed by atoms with Gasteiger partial charge in [0, 0.05) is 19.1 Å². The number of anilines is 1. The highest BCUT2D eigenvalue weighted by Gasteiger charge is 2.71. The molecule has 2 aromatic carbocycles. The monoisotopic (exact) mass is 610 g/mol. The first-order valence-corrected chi connectivity index (χ1v) is 13.7. The van der Waals surface area contributed by atoms with Crippen LogP contribution in [0.5, 0.6) is 0 Å².